The molecule has 0 atom stereocenters. The van der Waals surface area contributed by atoms with Crippen LogP contribution in [0.3, 0.4) is 0 Å². The molecule has 0 aromatic heterocycles. The number of anilines is 1. The zero-order chi connectivity index (χ0) is 16.7. The van der Waals surface area contributed by atoms with Crippen molar-refractivity contribution >= 4 is 17.1 Å². The molecule has 0 saturated heterocycles. The fourth-order valence-electron chi connectivity index (χ4n) is 1.81. The third-order valence-electron chi connectivity index (χ3n) is 3.07. The zero-order valence-corrected chi connectivity index (χ0v) is 12.9. The largest absolute Gasteiger partial charge is 0.358 e. The highest BCUT2D eigenvalue weighted by molar-refractivity contribution is 5.68. The molecule has 0 bridgehead atoms. The molecule has 0 saturated carbocycles. The van der Waals surface area contributed by atoms with Crippen molar-refractivity contribution in [2.45, 2.75) is 13.8 Å². The van der Waals surface area contributed by atoms with E-state index in [0.29, 0.717) is 11.4 Å². The van der Waals surface area contributed by atoms with E-state index in [9.17, 15) is 0 Å². The first-order valence-corrected chi connectivity index (χ1v) is 6.98. The van der Waals surface area contributed by atoms with Crippen molar-refractivity contribution in [1.29, 1.82) is 10.5 Å². The fourth-order valence-corrected chi connectivity index (χ4v) is 1.81. The van der Waals surface area contributed by atoms with Gasteiger partial charge in [0.05, 0.1) is 11.4 Å². The molecule has 0 amide bonds. The van der Waals surface area contributed by atoms with Crippen molar-refractivity contribution in [2.24, 2.45) is 10.2 Å². The van der Waals surface area contributed by atoms with Gasteiger partial charge in [-0.05, 0) is 43.7 Å². The topological polar surface area (TPSA) is 84.3 Å². The summed E-state index contributed by atoms with van der Waals surface area (Å²) in [7, 11) is 0. The summed E-state index contributed by atoms with van der Waals surface area (Å²) in [5.41, 5.74) is 4.26. The van der Waals surface area contributed by atoms with Gasteiger partial charge in [-0.25, -0.2) is 0 Å². The average molecular weight is 301 g/mol. The highest BCUT2D eigenvalue weighted by atomic mass is 15.1. The van der Waals surface area contributed by atoms with Gasteiger partial charge in [0, 0.05) is 6.20 Å². The first-order chi connectivity index (χ1) is 11.1. The minimum absolute atomic E-state index is 0.00741. The van der Waals surface area contributed by atoms with E-state index in [1.54, 1.807) is 12.1 Å². The van der Waals surface area contributed by atoms with Crippen molar-refractivity contribution in [3.63, 3.8) is 0 Å². The summed E-state index contributed by atoms with van der Waals surface area (Å²) in [6, 6.07) is 17.0. The van der Waals surface area contributed by atoms with E-state index < -0.39 is 0 Å². The van der Waals surface area contributed by atoms with E-state index in [0.717, 1.165) is 16.8 Å². The highest BCUT2D eigenvalue weighted by Crippen LogP contribution is 2.28. The number of hydrogen-bond donors (Lipinski definition) is 1. The second kappa shape index (κ2) is 7.53. The lowest BCUT2D eigenvalue weighted by atomic mass is 10.2. The number of hydrogen-bond acceptors (Lipinski definition) is 5. The summed E-state index contributed by atoms with van der Waals surface area (Å²) < 4.78 is 0. The molecule has 2 rings (SSSR count). The Bertz CT molecular complexity index is 817. The Balaban J connectivity index is 2.29. The molecule has 0 aliphatic rings. The molecule has 0 unspecified atom stereocenters. The van der Waals surface area contributed by atoms with E-state index >= 15 is 0 Å². The van der Waals surface area contributed by atoms with Crippen LogP contribution in [-0.4, -0.2) is 0 Å². The Morgan fingerprint density at radius 1 is 0.957 bits per heavy atom. The molecular formula is C18H15N5. The number of nitrogens with zero attached hydrogens (tertiary/aromatic N) is 4. The van der Waals surface area contributed by atoms with Crippen LogP contribution in [-0.2, 0) is 0 Å². The first kappa shape index (κ1) is 15.9. The molecule has 112 valence electrons. The summed E-state index contributed by atoms with van der Waals surface area (Å²) in [5.74, 6) is 0. The normalized spacial score (nSPS) is 9.91. The summed E-state index contributed by atoms with van der Waals surface area (Å²) >= 11 is 0. The molecule has 23 heavy (non-hydrogen) atoms. The maximum Gasteiger partial charge on any atom is 0.145 e. The Morgan fingerprint density at radius 2 is 1.61 bits per heavy atom. The maximum absolute atomic E-state index is 8.77. The molecule has 5 heteroatoms. The van der Waals surface area contributed by atoms with Crippen LogP contribution < -0.4 is 5.32 Å². The van der Waals surface area contributed by atoms with Crippen molar-refractivity contribution in [1.82, 2.24) is 0 Å². The lowest BCUT2D eigenvalue weighted by molar-refractivity contribution is 1.22. The molecular weight excluding hydrogens is 286 g/mol. The maximum atomic E-state index is 8.77. The predicted octanol–water partition coefficient (Wildman–Crippen LogP) is 5.06. The minimum Gasteiger partial charge on any atom is -0.358 e. The minimum atomic E-state index is -0.00741. The summed E-state index contributed by atoms with van der Waals surface area (Å²) in [6.45, 7) is 3.97. The van der Waals surface area contributed by atoms with Gasteiger partial charge in [-0.3, -0.25) is 0 Å². The van der Waals surface area contributed by atoms with Gasteiger partial charge in [-0.1, -0.05) is 23.8 Å². The van der Waals surface area contributed by atoms with Crippen LogP contribution >= 0.6 is 0 Å². The Morgan fingerprint density at radius 3 is 2.26 bits per heavy atom. The van der Waals surface area contributed by atoms with Crippen molar-refractivity contribution < 1.29 is 0 Å². The fraction of sp³-hybridized carbons (Fsp3) is 0.111. The van der Waals surface area contributed by atoms with Gasteiger partial charge in [0.15, 0.2) is 0 Å². The van der Waals surface area contributed by atoms with Crippen molar-refractivity contribution in [3.05, 3.63) is 65.4 Å². The van der Waals surface area contributed by atoms with Gasteiger partial charge < -0.3 is 5.32 Å². The molecule has 0 aliphatic heterocycles. The van der Waals surface area contributed by atoms with E-state index in [1.807, 2.05) is 56.3 Å². The molecule has 5 nitrogen and oxygen atoms in total. The van der Waals surface area contributed by atoms with Crippen LogP contribution in [0.2, 0.25) is 0 Å². The van der Waals surface area contributed by atoms with Crippen LogP contribution in [0, 0.1) is 36.5 Å². The number of aryl methyl sites for hydroxylation is 2. The predicted molar refractivity (Wildman–Crippen MR) is 89.5 cm³/mol. The van der Waals surface area contributed by atoms with Gasteiger partial charge in [0.1, 0.15) is 23.4 Å². The third kappa shape index (κ3) is 4.52. The molecule has 2 aromatic rings. The Hall–Kier alpha value is -3.44. The van der Waals surface area contributed by atoms with Gasteiger partial charge in [-0.15, -0.1) is 5.11 Å². The molecule has 0 radical (unpaired) electrons. The Kier molecular flexibility index (Phi) is 5.22. The van der Waals surface area contributed by atoms with Crippen LogP contribution in [0.1, 0.15) is 11.1 Å². The van der Waals surface area contributed by atoms with Gasteiger partial charge in [0.2, 0.25) is 0 Å². The van der Waals surface area contributed by atoms with Gasteiger partial charge >= 0.3 is 0 Å². The lowest BCUT2D eigenvalue weighted by Gasteiger charge is -2.05. The van der Waals surface area contributed by atoms with Crippen LogP contribution in [0.25, 0.3) is 0 Å². The smallest absolute Gasteiger partial charge is 0.145 e. The van der Waals surface area contributed by atoms with Gasteiger partial charge in [0.25, 0.3) is 0 Å². The number of rotatable bonds is 4. The van der Waals surface area contributed by atoms with Crippen LogP contribution in [0.4, 0.5) is 17.1 Å². The van der Waals surface area contributed by atoms with Gasteiger partial charge in [-0.2, -0.15) is 15.6 Å². The third-order valence-corrected chi connectivity index (χ3v) is 3.07. The monoisotopic (exact) mass is 301 g/mol. The van der Waals surface area contributed by atoms with E-state index in [-0.39, 0.29) is 5.57 Å². The summed E-state index contributed by atoms with van der Waals surface area (Å²) in [4.78, 5) is 0. The lowest BCUT2D eigenvalue weighted by Crippen LogP contribution is -1.90. The number of azo groups is 1. The zero-order valence-electron chi connectivity index (χ0n) is 12.9. The quantitative estimate of drug-likeness (QED) is 0.632. The highest BCUT2D eigenvalue weighted by Gasteiger charge is 2.02. The second-order valence-corrected chi connectivity index (χ2v) is 4.98. The van der Waals surface area contributed by atoms with E-state index in [4.69, 9.17) is 10.5 Å². The Labute approximate surface area is 135 Å². The molecule has 0 spiro atoms. The van der Waals surface area contributed by atoms with Crippen LogP contribution in [0.5, 0.6) is 0 Å². The SMILES string of the molecule is Cc1ccc(N=Nc2cc(C)ccc2NC=C(C#N)C#N)cc1. The number of allylic oxidation sites excluding steroid dienone is 1. The average Bonchev–Trinajstić information content (AvgIpc) is 2.56. The summed E-state index contributed by atoms with van der Waals surface area (Å²) in [6.07, 6.45) is 1.36. The van der Waals surface area contributed by atoms with E-state index in [2.05, 4.69) is 15.5 Å². The first-order valence-electron chi connectivity index (χ1n) is 6.98. The summed E-state index contributed by atoms with van der Waals surface area (Å²) in [5, 5.41) is 29.0. The number of nitrogens with one attached hydrogen (secondary N) is 1. The molecule has 0 aliphatic carbocycles. The standard InChI is InChI=1S/C18H15N5/c1-13-3-6-16(7-4-13)22-23-18-9-14(2)5-8-17(18)21-12-15(10-19)11-20/h3-9,12,21H,1-2H3. The molecule has 0 fully saturated rings. The van der Waals surface area contributed by atoms with E-state index in [1.165, 1.54) is 6.20 Å². The van der Waals surface area contributed by atoms with Crippen molar-refractivity contribution in [3.8, 4) is 12.1 Å². The van der Waals surface area contributed by atoms with Crippen LogP contribution in [0.15, 0.2) is 64.5 Å². The molecule has 2 aromatic carbocycles. The van der Waals surface area contributed by atoms with Crippen molar-refractivity contribution in [2.75, 3.05) is 5.32 Å². The molecule has 1 N–H and O–H groups in total. The number of benzene rings is 2. The number of nitriles is 2. The molecule has 0 heterocycles. The second-order valence-electron chi connectivity index (χ2n) is 4.98.